The van der Waals surface area contributed by atoms with E-state index in [-0.39, 0.29) is 11.7 Å². The third-order valence-electron chi connectivity index (χ3n) is 5.56. The van der Waals surface area contributed by atoms with Crippen LogP contribution in [0.3, 0.4) is 0 Å². The van der Waals surface area contributed by atoms with Crippen LogP contribution in [0.5, 0.6) is 0 Å². The first-order valence-electron chi connectivity index (χ1n) is 10.3. The van der Waals surface area contributed by atoms with Gasteiger partial charge in [0.2, 0.25) is 0 Å². The summed E-state index contributed by atoms with van der Waals surface area (Å²) in [4.78, 5) is 12.6. The maximum atomic E-state index is 12.7. The van der Waals surface area contributed by atoms with Gasteiger partial charge in [-0.1, -0.05) is 26.7 Å². The van der Waals surface area contributed by atoms with Crippen molar-refractivity contribution in [2.24, 2.45) is 5.92 Å². The average molecular weight is 400 g/mol. The van der Waals surface area contributed by atoms with Gasteiger partial charge in [0, 0.05) is 38.6 Å². The van der Waals surface area contributed by atoms with Crippen LogP contribution in [0, 0.1) is 5.92 Å². The summed E-state index contributed by atoms with van der Waals surface area (Å²) in [6.07, 6.45) is 6.89. The highest BCUT2D eigenvalue weighted by Gasteiger charge is 2.28. The van der Waals surface area contributed by atoms with Crippen LogP contribution in [-0.2, 0) is 29.7 Å². The fourth-order valence-electron chi connectivity index (χ4n) is 3.84. The van der Waals surface area contributed by atoms with Crippen molar-refractivity contribution in [2.45, 2.75) is 84.3 Å². The number of fused-ring (bicyclic) bond motifs is 1. The highest BCUT2D eigenvalue weighted by molar-refractivity contribution is 7.87. The summed E-state index contributed by atoms with van der Waals surface area (Å²) in [6, 6.07) is -0.150. The van der Waals surface area contributed by atoms with E-state index >= 15 is 0 Å². The van der Waals surface area contributed by atoms with E-state index in [1.54, 1.807) is 13.6 Å². The molecule has 1 unspecified atom stereocenters. The Morgan fingerprint density at radius 2 is 1.81 bits per heavy atom. The first-order valence-corrected chi connectivity index (χ1v) is 11.7. The van der Waals surface area contributed by atoms with Crippen LogP contribution in [0.4, 0.5) is 0 Å². The molecule has 0 bridgehead atoms. The second-order valence-corrected chi connectivity index (χ2v) is 9.92. The number of hydrogen-bond donors (Lipinski definition) is 1. The maximum absolute atomic E-state index is 12.7. The van der Waals surface area contributed by atoms with Gasteiger partial charge in [-0.15, -0.1) is 0 Å². The van der Waals surface area contributed by atoms with Gasteiger partial charge in [-0.3, -0.25) is 4.57 Å². The summed E-state index contributed by atoms with van der Waals surface area (Å²) < 4.78 is 33.2. The van der Waals surface area contributed by atoms with Gasteiger partial charge >= 0.3 is 5.69 Å². The number of aryl methyl sites for hydroxylation is 2. The number of rotatable bonds is 6. The summed E-state index contributed by atoms with van der Waals surface area (Å²) >= 11 is 0. The monoisotopic (exact) mass is 399 g/mol. The Kier molecular flexibility index (Phi) is 6.75. The van der Waals surface area contributed by atoms with Crippen molar-refractivity contribution in [3.05, 3.63) is 16.3 Å². The van der Waals surface area contributed by atoms with Crippen LogP contribution < -0.4 is 10.4 Å². The van der Waals surface area contributed by atoms with Gasteiger partial charge in [0.15, 0.2) is 0 Å². The molecule has 2 aliphatic rings. The molecule has 1 saturated heterocycles. The number of aromatic nitrogens is 3. The molecule has 9 heteroatoms. The first-order chi connectivity index (χ1) is 12.9. The van der Waals surface area contributed by atoms with E-state index in [0.717, 1.165) is 37.9 Å². The van der Waals surface area contributed by atoms with Crippen LogP contribution >= 0.6 is 0 Å². The third-order valence-corrected chi connectivity index (χ3v) is 7.23. The molecule has 0 saturated carbocycles. The number of nitrogens with one attached hydrogen (secondary N) is 1. The molecule has 8 nitrogen and oxygen atoms in total. The maximum Gasteiger partial charge on any atom is 0.345 e. The average Bonchev–Trinajstić information content (AvgIpc) is 2.85. The van der Waals surface area contributed by atoms with Gasteiger partial charge in [-0.05, 0) is 38.0 Å². The summed E-state index contributed by atoms with van der Waals surface area (Å²) in [5.41, 5.74) is -0.0679. The Balaban J connectivity index is 1.62. The SMILES string of the molecule is CC(C)CCn1nc2n(c1=O)CCC(NS(=O)(=O)N1CCCCCC1)CC2. The zero-order valence-electron chi connectivity index (χ0n) is 16.6. The summed E-state index contributed by atoms with van der Waals surface area (Å²) in [6.45, 7) is 6.62. The van der Waals surface area contributed by atoms with Crippen molar-refractivity contribution in [3.8, 4) is 0 Å². The van der Waals surface area contributed by atoms with Crippen molar-refractivity contribution < 1.29 is 8.42 Å². The van der Waals surface area contributed by atoms with Gasteiger partial charge < -0.3 is 0 Å². The molecule has 1 aromatic heterocycles. The van der Waals surface area contributed by atoms with Crippen LogP contribution in [-0.4, -0.2) is 46.2 Å². The molecule has 27 heavy (non-hydrogen) atoms. The van der Waals surface area contributed by atoms with Crippen LogP contribution in [0.15, 0.2) is 4.79 Å². The number of nitrogens with zero attached hydrogens (tertiary/aromatic N) is 4. The lowest BCUT2D eigenvalue weighted by atomic mass is 10.1. The Morgan fingerprint density at radius 3 is 2.48 bits per heavy atom. The normalized spacial score (nSPS) is 22.4. The van der Waals surface area contributed by atoms with Crippen molar-refractivity contribution in [3.63, 3.8) is 0 Å². The standard InChI is InChI=1S/C18H33N5O3S/c1-15(2)9-14-23-18(24)22-13-10-16(7-8-17(22)19-23)20-27(25,26)21-11-5-3-4-6-12-21/h15-16,20H,3-14H2,1-2H3. The molecule has 154 valence electrons. The Hall–Kier alpha value is -1.19. The molecular weight excluding hydrogens is 366 g/mol. The predicted molar refractivity (Wildman–Crippen MR) is 105 cm³/mol. The third kappa shape index (κ3) is 5.20. The van der Waals surface area contributed by atoms with Gasteiger partial charge in [-0.25, -0.2) is 9.48 Å². The molecule has 1 aromatic rings. The minimum atomic E-state index is -3.46. The number of hydrogen-bond acceptors (Lipinski definition) is 4. The molecule has 3 rings (SSSR count). The van der Waals surface area contributed by atoms with Crippen LogP contribution in [0.2, 0.25) is 0 Å². The summed E-state index contributed by atoms with van der Waals surface area (Å²) in [5, 5.41) is 4.49. The Bertz CT molecular complexity index is 775. The van der Waals surface area contributed by atoms with Crippen molar-refractivity contribution in [2.75, 3.05) is 13.1 Å². The minimum Gasteiger partial charge on any atom is -0.279 e. The fourth-order valence-corrected chi connectivity index (χ4v) is 5.38. The van der Waals surface area contributed by atoms with E-state index < -0.39 is 10.2 Å². The lowest BCUT2D eigenvalue weighted by molar-refractivity contribution is 0.398. The molecule has 2 aliphatic heterocycles. The summed E-state index contributed by atoms with van der Waals surface area (Å²) in [5.74, 6) is 1.30. The van der Waals surface area contributed by atoms with Gasteiger partial charge in [0.1, 0.15) is 5.82 Å². The molecule has 1 fully saturated rings. The largest absolute Gasteiger partial charge is 0.345 e. The summed E-state index contributed by atoms with van der Waals surface area (Å²) in [7, 11) is -3.46. The molecule has 0 amide bonds. The fraction of sp³-hybridized carbons (Fsp3) is 0.889. The van der Waals surface area contributed by atoms with E-state index in [2.05, 4.69) is 23.7 Å². The quantitative estimate of drug-likeness (QED) is 0.785. The molecular formula is C18H33N5O3S. The van der Waals surface area contributed by atoms with Crippen molar-refractivity contribution in [1.29, 1.82) is 0 Å². The van der Waals surface area contributed by atoms with Gasteiger partial charge in [0.05, 0.1) is 0 Å². The first kappa shape index (κ1) is 20.5. The molecule has 0 aliphatic carbocycles. The lowest BCUT2D eigenvalue weighted by Gasteiger charge is -2.24. The second-order valence-electron chi connectivity index (χ2n) is 8.22. The van der Waals surface area contributed by atoms with Crippen molar-refractivity contribution >= 4 is 10.2 Å². The van der Waals surface area contributed by atoms with Crippen LogP contribution in [0.25, 0.3) is 0 Å². The van der Waals surface area contributed by atoms with E-state index in [1.165, 1.54) is 0 Å². The molecule has 0 spiro atoms. The van der Waals surface area contributed by atoms with Gasteiger partial charge in [-0.2, -0.15) is 22.5 Å². The Labute approximate surface area is 162 Å². The molecule has 3 heterocycles. The molecule has 0 aromatic carbocycles. The van der Waals surface area contributed by atoms with E-state index in [9.17, 15) is 13.2 Å². The van der Waals surface area contributed by atoms with Crippen LogP contribution in [0.1, 0.15) is 64.6 Å². The van der Waals surface area contributed by atoms with E-state index in [0.29, 0.717) is 51.4 Å². The lowest BCUT2D eigenvalue weighted by Crippen LogP contribution is -2.46. The highest BCUT2D eigenvalue weighted by Crippen LogP contribution is 2.16. The zero-order valence-corrected chi connectivity index (χ0v) is 17.4. The topological polar surface area (TPSA) is 89.2 Å². The minimum absolute atomic E-state index is 0.0679. The van der Waals surface area contributed by atoms with E-state index in [4.69, 9.17) is 0 Å². The van der Waals surface area contributed by atoms with Gasteiger partial charge in [0.25, 0.3) is 10.2 Å². The highest BCUT2D eigenvalue weighted by atomic mass is 32.2. The predicted octanol–water partition coefficient (Wildman–Crippen LogP) is 1.51. The molecule has 0 radical (unpaired) electrons. The second kappa shape index (κ2) is 8.87. The van der Waals surface area contributed by atoms with E-state index in [1.807, 2.05) is 0 Å². The molecule has 1 atom stereocenters. The van der Waals surface area contributed by atoms with Crippen molar-refractivity contribution in [1.82, 2.24) is 23.4 Å². The molecule has 1 N–H and O–H groups in total. The zero-order chi connectivity index (χ0) is 19.4. The Morgan fingerprint density at radius 1 is 1.11 bits per heavy atom. The smallest absolute Gasteiger partial charge is 0.279 e.